The lowest BCUT2D eigenvalue weighted by atomic mass is 9.74. The Balaban J connectivity index is 2.62. The number of nitrogens with two attached hydrogens (primary N) is 1. The third-order valence-electron chi connectivity index (χ3n) is 4.45. The first-order chi connectivity index (χ1) is 9.29. The molecule has 0 aromatic heterocycles. The van der Waals surface area contributed by atoms with E-state index < -0.39 is 5.67 Å². The van der Waals surface area contributed by atoms with E-state index in [9.17, 15) is 4.39 Å². The summed E-state index contributed by atoms with van der Waals surface area (Å²) in [5.74, 6) is 0.641. The van der Waals surface area contributed by atoms with Gasteiger partial charge in [0.1, 0.15) is 11.4 Å². The third-order valence-corrected chi connectivity index (χ3v) is 4.45. The lowest BCUT2D eigenvalue weighted by Gasteiger charge is -2.37. The molecule has 2 nitrogen and oxygen atoms in total. The molecule has 0 spiro atoms. The summed E-state index contributed by atoms with van der Waals surface area (Å²) in [6.07, 6.45) is 5.38. The summed E-state index contributed by atoms with van der Waals surface area (Å²) >= 11 is 0. The quantitative estimate of drug-likeness (QED) is 0.894. The topological polar surface area (TPSA) is 35.2 Å². The molecule has 112 valence electrons. The molecule has 1 aliphatic carbocycles. The van der Waals surface area contributed by atoms with Crippen molar-refractivity contribution in [3.05, 3.63) is 28.8 Å². The minimum absolute atomic E-state index is 0.380. The lowest BCUT2D eigenvalue weighted by Crippen LogP contribution is -2.40. The van der Waals surface area contributed by atoms with Gasteiger partial charge >= 0.3 is 0 Å². The van der Waals surface area contributed by atoms with Crippen LogP contribution in [0.25, 0.3) is 0 Å². The van der Waals surface area contributed by atoms with Gasteiger partial charge < -0.3 is 10.5 Å². The minimum atomic E-state index is -1.43. The van der Waals surface area contributed by atoms with Crippen LogP contribution in [0.15, 0.2) is 12.1 Å². The summed E-state index contributed by atoms with van der Waals surface area (Å²) in [6, 6.07) is 3.79. The largest absolute Gasteiger partial charge is 0.496 e. The number of alkyl halides is 1. The molecule has 0 atom stereocenters. The fourth-order valence-corrected chi connectivity index (χ4v) is 3.41. The zero-order valence-electron chi connectivity index (χ0n) is 13.1. The summed E-state index contributed by atoms with van der Waals surface area (Å²) < 4.78 is 20.0. The molecule has 1 saturated carbocycles. The zero-order chi connectivity index (χ0) is 15.0. The van der Waals surface area contributed by atoms with E-state index in [1.165, 1.54) is 6.42 Å². The molecule has 1 aliphatic rings. The first kappa shape index (κ1) is 15.3. The number of halogens is 1. The Bertz CT molecular complexity index is 484. The monoisotopic (exact) mass is 279 g/mol. The fourth-order valence-electron chi connectivity index (χ4n) is 3.41. The van der Waals surface area contributed by atoms with Gasteiger partial charge in [-0.1, -0.05) is 31.4 Å². The van der Waals surface area contributed by atoms with Crippen LogP contribution in [0.5, 0.6) is 5.75 Å². The summed E-state index contributed by atoms with van der Waals surface area (Å²) in [6.45, 7) is 5.16. The molecule has 0 aliphatic heterocycles. The number of ether oxygens (including phenoxy) is 1. The van der Waals surface area contributed by atoms with Gasteiger partial charge in [0.15, 0.2) is 0 Å². The Kier molecular flexibility index (Phi) is 4.10. The Labute approximate surface area is 121 Å². The first-order valence-electron chi connectivity index (χ1n) is 7.46. The molecule has 20 heavy (non-hydrogen) atoms. The van der Waals surface area contributed by atoms with Gasteiger partial charge in [0.05, 0.1) is 7.11 Å². The van der Waals surface area contributed by atoms with Crippen molar-refractivity contribution >= 4 is 0 Å². The van der Waals surface area contributed by atoms with Gasteiger partial charge in [-0.25, -0.2) is 4.39 Å². The third kappa shape index (κ3) is 2.69. The summed E-state index contributed by atoms with van der Waals surface area (Å²) in [5.41, 5.74) is 7.55. The summed E-state index contributed by atoms with van der Waals surface area (Å²) in [4.78, 5) is 0. The Morgan fingerprint density at radius 1 is 1.20 bits per heavy atom. The van der Waals surface area contributed by atoms with Crippen LogP contribution in [0, 0.1) is 6.92 Å². The molecular formula is C17H26FNO. The zero-order valence-corrected chi connectivity index (χ0v) is 13.1. The van der Waals surface area contributed by atoms with Gasteiger partial charge in [-0.3, -0.25) is 0 Å². The second kappa shape index (κ2) is 5.36. The molecule has 1 aromatic rings. The predicted octanol–water partition coefficient (Wildman–Crippen LogP) is 4.33. The van der Waals surface area contributed by atoms with Crippen molar-refractivity contribution in [2.45, 2.75) is 64.1 Å². The molecule has 0 heterocycles. The van der Waals surface area contributed by atoms with Gasteiger partial charge in [-0.05, 0) is 39.2 Å². The van der Waals surface area contributed by atoms with E-state index in [0.29, 0.717) is 11.3 Å². The highest BCUT2D eigenvalue weighted by Crippen LogP contribution is 2.45. The molecule has 2 N–H and O–H groups in total. The van der Waals surface area contributed by atoms with Crippen LogP contribution in [0.3, 0.4) is 0 Å². The number of hydrogen-bond acceptors (Lipinski definition) is 2. The summed E-state index contributed by atoms with van der Waals surface area (Å²) in [7, 11) is 1.61. The first-order valence-corrected chi connectivity index (χ1v) is 7.46. The highest BCUT2D eigenvalue weighted by molar-refractivity contribution is 5.52. The van der Waals surface area contributed by atoms with E-state index in [4.69, 9.17) is 10.5 Å². The van der Waals surface area contributed by atoms with Gasteiger partial charge in [0, 0.05) is 16.7 Å². The van der Waals surface area contributed by atoms with Gasteiger partial charge in [0.2, 0.25) is 0 Å². The average Bonchev–Trinajstić information content (AvgIpc) is 2.37. The predicted molar refractivity (Wildman–Crippen MR) is 80.8 cm³/mol. The lowest BCUT2D eigenvalue weighted by molar-refractivity contribution is 0.210. The van der Waals surface area contributed by atoms with E-state index in [1.54, 1.807) is 21.0 Å². The molecule has 0 bridgehead atoms. The van der Waals surface area contributed by atoms with E-state index in [2.05, 4.69) is 0 Å². The van der Waals surface area contributed by atoms with Crippen molar-refractivity contribution in [3.63, 3.8) is 0 Å². The number of hydrogen-bond donors (Lipinski definition) is 1. The van der Waals surface area contributed by atoms with Crippen molar-refractivity contribution < 1.29 is 9.13 Å². The van der Waals surface area contributed by atoms with Crippen LogP contribution in [-0.2, 0) is 11.2 Å². The van der Waals surface area contributed by atoms with E-state index >= 15 is 0 Å². The smallest absolute Gasteiger partial charge is 0.134 e. The number of benzene rings is 1. The highest BCUT2D eigenvalue weighted by Gasteiger charge is 2.36. The maximum absolute atomic E-state index is 14.5. The maximum Gasteiger partial charge on any atom is 0.134 e. The Morgan fingerprint density at radius 3 is 2.30 bits per heavy atom. The Hall–Kier alpha value is -1.09. The number of rotatable bonds is 3. The molecule has 0 amide bonds. The molecule has 0 saturated heterocycles. The van der Waals surface area contributed by atoms with Crippen LogP contribution in [0.2, 0.25) is 0 Å². The maximum atomic E-state index is 14.5. The molecule has 2 rings (SSSR count). The highest BCUT2D eigenvalue weighted by atomic mass is 19.1. The summed E-state index contributed by atoms with van der Waals surface area (Å²) in [5, 5.41) is 0. The average molecular weight is 279 g/mol. The molecular weight excluding hydrogens is 253 g/mol. The van der Waals surface area contributed by atoms with E-state index in [-0.39, 0.29) is 5.54 Å². The molecule has 0 radical (unpaired) electrons. The second-order valence-corrected chi connectivity index (χ2v) is 6.53. The fraction of sp³-hybridized carbons (Fsp3) is 0.647. The number of methoxy groups -OCH3 is 1. The SMILES string of the molecule is COc1c(C(C)(C)F)ccc(C)c1C1(N)CCCCC1. The van der Waals surface area contributed by atoms with Crippen molar-refractivity contribution in [1.29, 1.82) is 0 Å². The van der Waals surface area contributed by atoms with E-state index in [1.807, 2.05) is 19.1 Å². The van der Waals surface area contributed by atoms with Crippen LogP contribution in [-0.4, -0.2) is 7.11 Å². The van der Waals surface area contributed by atoms with Crippen molar-refractivity contribution in [1.82, 2.24) is 0 Å². The standard InChI is InChI=1S/C17H26FNO/c1-12-8-9-13(16(2,3)18)15(20-4)14(12)17(19)10-6-5-7-11-17/h8-9H,5-7,10-11,19H2,1-4H3. The van der Waals surface area contributed by atoms with Crippen LogP contribution >= 0.6 is 0 Å². The van der Waals surface area contributed by atoms with Gasteiger partial charge in [-0.2, -0.15) is 0 Å². The Morgan fingerprint density at radius 2 is 1.80 bits per heavy atom. The minimum Gasteiger partial charge on any atom is -0.496 e. The second-order valence-electron chi connectivity index (χ2n) is 6.53. The normalized spacial score (nSPS) is 18.9. The number of aryl methyl sites for hydroxylation is 1. The van der Waals surface area contributed by atoms with Crippen molar-refractivity contribution in [2.75, 3.05) is 7.11 Å². The molecule has 1 fully saturated rings. The van der Waals surface area contributed by atoms with Crippen LogP contribution in [0.4, 0.5) is 4.39 Å². The van der Waals surface area contributed by atoms with E-state index in [0.717, 1.165) is 36.8 Å². The van der Waals surface area contributed by atoms with Crippen LogP contribution < -0.4 is 10.5 Å². The van der Waals surface area contributed by atoms with Gasteiger partial charge in [0.25, 0.3) is 0 Å². The molecule has 0 unspecified atom stereocenters. The van der Waals surface area contributed by atoms with Crippen molar-refractivity contribution in [2.24, 2.45) is 5.73 Å². The molecule has 1 aromatic carbocycles. The van der Waals surface area contributed by atoms with Crippen molar-refractivity contribution in [3.8, 4) is 5.75 Å². The molecule has 3 heteroatoms. The van der Waals surface area contributed by atoms with Gasteiger partial charge in [-0.15, -0.1) is 0 Å². The van der Waals surface area contributed by atoms with Crippen LogP contribution in [0.1, 0.15) is 62.6 Å².